The Morgan fingerprint density at radius 3 is 2.53 bits per heavy atom. The number of carboxylic acids is 1. The van der Waals surface area contributed by atoms with Gasteiger partial charge >= 0.3 is 5.97 Å². The first-order valence-electron chi connectivity index (χ1n) is 4.44. The highest BCUT2D eigenvalue weighted by Crippen LogP contribution is 2.20. The van der Waals surface area contributed by atoms with Crippen LogP contribution in [-0.2, 0) is 11.2 Å². The molecular formula is C11H12O4. The largest absolute Gasteiger partial charge is 0.496 e. The van der Waals surface area contributed by atoms with E-state index in [0.717, 1.165) is 0 Å². The number of hydrogen-bond acceptors (Lipinski definition) is 3. The molecule has 0 amide bonds. The summed E-state index contributed by atoms with van der Waals surface area (Å²) in [6.45, 7) is 1.44. The Kier molecular flexibility index (Phi) is 3.44. The predicted octanol–water partition coefficient (Wildman–Crippen LogP) is 1.52. The molecule has 15 heavy (non-hydrogen) atoms. The van der Waals surface area contributed by atoms with E-state index < -0.39 is 5.97 Å². The van der Waals surface area contributed by atoms with Gasteiger partial charge in [-0.2, -0.15) is 0 Å². The minimum absolute atomic E-state index is 0.0932. The van der Waals surface area contributed by atoms with Crippen LogP contribution in [0.4, 0.5) is 0 Å². The first kappa shape index (κ1) is 11.2. The van der Waals surface area contributed by atoms with Gasteiger partial charge in [0.05, 0.1) is 13.5 Å². The Morgan fingerprint density at radius 2 is 2.07 bits per heavy atom. The highest BCUT2D eigenvalue weighted by molar-refractivity contribution is 5.94. The van der Waals surface area contributed by atoms with Gasteiger partial charge in [-0.25, -0.2) is 0 Å². The lowest BCUT2D eigenvalue weighted by Crippen LogP contribution is -2.04. The van der Waals surface area contributed by atoms with E-state index in [1.54, 1.807) is 18.2 Å². The average Bonchev–Trinajstić information content (AvgIpc) is 2.16. The van der Waals surface area contributed by atoms with Crippen molar-refractivity contribution in [2.24, 2.45) is 0 Å². The summed E-state index contributed by atoms with van der Waals surface area (Å²) in [5, 5.41) is 8.68. The number of hydrogen-bond donors (Lipinski definition) is 1. The molecular weight excluding hydrogens is 196 g/mol. The lowest BCUT2D eigenvalue weighted by Gasteiger charge is -2.07. The quantitative estimate of drug-likeness (QED) is 0.762. The van der Waals surface area contributed by atoms with Crippen LogP contribution >= 0.6 is 0 Å². The zero-order valence-electron chi connectivity index (χ0n) is 8.61. The second kappa shape index (κ2) is 4.59. The van der Waals surface area contributed by atoms with E-state index >= 15 is 0 Å². The SMILES string of the molecule is COc1ccc(C(C)=O)cc1CC(=O)O. The van der Waals surface area contributed by atoms with E-state index in [1.807, 2.05) is 0 Å². The van der Waals surface area contributed by atoms with E-state index in [2.05, 4.69) is 0 Å². The molecule has 1 aromatic carbocycles. The number of ether oxygens (including phenoxy) is 1. The topological polar surface area (TPSA) is 63.6 Å². The van der Waals surface area contributed by atoms with E-state index in [0.29, 0.717) is 16.9 Å². The first-order chi connectivity index (χ1) is 7.04. The second-order valence-corrected chi connectivity index (χ2v) is 3.15. The van der Waals surface area contributed by atoms with Crippen LogP contribution in [0.2, 0.25) is 0 Å². The monoisotopic (exact) mass is 208 g/mol. The van der Waals surface area contributed by atoms with Crippen molar-refractivity contribution in [1.82, 2.24) is 0 Å². The normalized spacial score (nSPS) is 9.73. The van der Waals surface area contributed by atoms with Crippen molar-refractivity contribution in [1.29, 1.82) is 0 Å². The van der Waals surface area contributed by atoms with Crippen LogP contribution in [0.5, 0.6) is 5.75 Å². The molecule has 0 unspecified atom stereocenters. The lowest BCUT2D eigenvalue weighted by atomic mass is 10.0. The Hall–Kier alpha value is -1.84. The van der Waals surface area contributed by atoms with Gasteiger partial charge in [0.25, 0.3) is 0 Å². The fraction of sp³-hybridized carbons (Fsp3) is 0.273. The molecule has 0 heterocycles. The number of carbonyl (C=O) groups excluding carboxylic acids is 1. The average molecular weight is 208 g/mol. The van der Waals surface area contributed by atoms with Crippen LogP contribution in [0.25, 0.3) is 0 Å². The number of carbonyl (C=O) groups is 2. The third kappa shape index (κ3) is 2.80. The van der Waals surface area contributed by atoms with Gasteiger partial charge in [-0.3, -0.25) is 9.59 Å². The maximum atomic E-state index is 11.1. The summed E-state index contributed by atoms with van der Waals surface area (Å²) in [7, 11) is 1.47. The molecule has 0 fully saturated rings. The Morgan fingerprint density at radius 1 is 1.40 bits per heavy atom. The molecule has 1 N–H and O–H groups in total. The number of aliphatic carboxylic acids is 1. The van der Waals surface area contributed by atoms with Crippen LogP contribution in [0, 0.1) is 0 Å². The minimum atomic E-state index is -0.950. The molecule has 0 radical (unpaired) electrons. The molecule has 0 aliphatic heterocycles. The Balaban J connectivity index is 3.12. The van der Waals surface area contributed by atoms with Crippen LogP contribution in [0.1, 0.15) is 22.8 Å². The summed E-state index contributed by atoms with van der Waals surface area (Å²) >= 11 is 0. The van der Waals surface area contributed by atoms with Gasteiger partial charge in [-0.05, 0) is 25.1 Å². The van der Waals surface area contributed by atoms with Gasteiger partial charge in [-0.1, -0.05) is 0 Å². The third-order valence-corrected chi connectivity index (χ3v) is 2.03. The third-order valence-electron chi connectivity index (χ3n) is 2.03. The molecule has 0 saturated carbocycles. The van der Waals surface area contributed by atoms with Gasteiger partial charge < -0.3 is 9.84 Å². The van der Waals surface area contributed by atoms with Crippen LogP contribution in [0.15, 0.2) is 18.2 Å². The summed E-state index contributed by atoms with van der Waals surface area (Å²) in [6, 6.07) is 4.77. The van der Waals surface area contributed by atoms with Crippen molar-refractivity contribution >= 4 is 11.8 Å². The molecule has 0 spiro atoms. The molecule has 0 aromatic heterocycles. The highest BCUT2D eigenvalue weighted by Gasteiger charge is 2.10. The fourth-order valence-electron chi connectivity index (χ4n) is 1.30. The zero-order valence-corrected chi connectivity index (χ0v) is 8.61. The zero-order chi connectivity index (χ0) is 11.4. The highest BCUT2D eigenvalue weighted by atomic mass is 16.5. The Labute approximate surface area is 87.5 Å². The summed E-state index contributed by atoms with van der Waals surface area (Å²) < 4.78 is 5.01. The van der Waals surface area contributed by atoms with E-state index in [9.17, 15) is 9.59 Å². The van der Waals surface area contributed by atoms with Gasteiger partial charge in [0.15, 0.2) is 5.78 Å². The first-order valence-corrected chi connectivity index (χ1v) is 4.44. The molecule has 0 aliphatic carbocycles. The maximum absolute atomic E-state index is 11.1. The molecule has 1 aromatic rings. The van der Waals surface area contributed by atoms with Gasteiger partial charge in [0.2, 0.25) is 0 Å². The smallest absolute Gasteiger partial charge is 0.307 e. The van der Waals surface area contributed by atoms with Crippen molar-refractivity contribution < 1.29 is 19.4 Å². The van der Waals surface area contributed by atoms with Crippen molar-refractivity contribution in [2.75, 3.05) is 7.11 Å². The molecule has 80 valence electrons. The lowest BCUT2D eigenvalue weighted by molar-refractivity contribution is -0.136. The number of benzene rings is 1. The van der Waals surface area contributed by atoms with Crippen molar-refractivity contribution in [3.8, 4) is 5.75 Å². The molecule has 0 saturated heterocycles. The van der Waals surface area contributed by atoms with E-state index in [4.69, 9.17) is 9.84 Å². The number of rotatable bonds is 4. The van der Waals surface area contributed by atoms with Crippen molar-refractivity contribution in [3.63, 3.8) is 0 Å². The predicted molar refractivity (Wildman–Crippen MR) is 54.3 cm³/mol. The van der Waals surface area contributed by atoms with E-state index in [-0.39, 0.29) is 12.2 Å². The molecule has 0 aliphatic rings. The maximum Gasteiger partial charge on any atom is 0.307 e. The van der Waals surface area contributed by atoms with Crippen LogP contribution < -0.4 is 4.74 Å². The number of carboxylic acid groups (broad SMARTS) is 1. The molecule has 1 rings (SSSR count). The molecule has 0 atom stereocenters. The second-order valence-electron chi connectivity index (χ2n) is 3.15. The van der Waals surface area contributed by atoms with Crippen LogP contribution in [-0.4, -0.2) is 24.0 Å². The number of Topliss-reactive ketones (excluding diaryl/α,β-unsaturated/α-hetero) is 1. The number of ketones is 1. The summed E-state index contributed by atoms with van der Waals surface area (Å²) in [4.78, 5) is 21.7. The number of methoxy groups -OCH3 is 1. The van der Waals surface area contributed by atoms with Gasteiger partial charge in [0.1, 0.15) is 5.75 Å². The molecule has 4 nitrogen and oxygen atoms in total. The molecule has 4 heteroatoms. The van der Waals surface area contributed by atoms with Gasteiger partial charge in [0, 0.05) is 11.1 Å². The van der Waals surface area contributed by atoms with E-state index in [1.165, 1.54) is 14.0 Å². The van der Waals surface area contributed by atoms with Gasteiger partial charge in [-0.15, -0.1) is 0 Å². The van der Waals surface area contributed by atoms with Crippen LogP contribution in [0.3, 0.4) is 0 Å². The minimum Gasteiger partial charge on any atom is -0.496 e. The van der Waals surface area contributed by atoms with Crippen molar-refractivity contribution in [3.05, 3.63) is 29.3 Å². The summed E-state index contributed by atoms with van der Waals surface area (Å²) in [6.07, 6.45) is -0.149. The standard InChI is InChI=1S/C11H12O4/c1-7(12)8-3-4-10(15-2)9(5-8)6-11(13)14/h3-5H,6H2,1-2H3,(H,13,14). The molecule has 0 bridgehead atoms. The fourth-order valence-corrected chi connectivity index (χ4v) is 1.30. The van der Waals surface area contributed by atoms with Crippen molar-refractivity contribution in [2.45, 2.75) is 13.3 Å². The Bertz CT molecular complexity index is 396. The summed E-state index contributed by atoms with van der Waals surface area (Å²) in [5.41, 5.74) is 1.00. The summed E-state index contributed by atoms with van der Waals surface area (Å²) in [5.74, 6) is -0.555.